The van der Waals surface area contributed by atoms with Gasteiger partial charge in [0.1, 0.15) is 6.10 Å². The van der Waals surface area contributed by atoms with Crippen molar-refractivity contribution in [3.63, 3.8) is 0 Å². The molecule has 1 saturated carbocycles. The van der Waals surface area contributed by atoms with Gasteiger partial charge < -0.3 is 10.2 Å². The van der Waals surface area contributed by atoms with Crippen LogP contribution in [0.15, 0.2) is 24.3 Å². The molecule has 2 aromatic rings. The lowest BCUT2D eigenvalue weighted by atomic mass is 9.59. The Morgan fingerprint density at radius 2 is 1.60 bits per heavy atom. The summed E-state index contributed by atoms with van der Waals surface area (Å²) < 4.78 is 0. The first-order valence-corrected chi connectivity index (χ1v) is 14.1. The third kappa shape index (κ3) is 6.00. The molecule has 3 heteroatoms. The molecular weight excluding hydrogens is 430 g/mol. The molecule has 1 heterocycles. The number of pyridine rings is 1. The number of fused-ring (bicyclic) bond motifs is 1. The van der Waals surface area contributed by atoms with Gasteiger partial charge >= 0.3 is 0 Å². The molecule has 3 nitrogen and oxygen atoms in total. The number of rotatable bonds is 4. The molecule has 1 aromatic heterocycles. The van der Waals surface area contributed by atoms with Crippen LogP contribution in [0, 0.1) is 5.41 Å². The van der Waals surface area contributed by atoms with Crippen molar-refractivity contribution >= 4 is 0 Å². The Labute approximate surface area is 215 Å². The lowest BCUT2D eigenvalue weighted by molar-refractivity contribution is 0.0236. The van der Waals surface area contributed by atoms with Crippen molar-refractivity contribution in [3.8, 4) is 0 Å². The summed E-state index contributed by atoms with van der Waals surface area (Å²) in [5, 5.41) is 22.7. The Bertz CT molecular complexity index is 949. The largest absolute Gasteiger partial charge is 0.388 e. The van der Waals surface area contributed by atoms with Gasteiger partial charge in [0, 0.05) is 22.5 Å². The molecule has 0 aliphatic heterocycles. The van der Waals surface area contributed by atoms with E-state index < -0.39 is 12.2 Å². The Morgan fingerprint density at radius 1 is 1.03 bits per heavy atom. The van der Waals surface area contributed by atoms with Crippen LogP contribution in [-0.2, 0) is 18.3 Å². The van der Waals surface area contributed by atoms with Gasteiger partial charge in [0.25, 0.3) is 0 Å². The molecule has 2 unspecified atom stereocenters. The molecule has 2 N–H and O–H groups in total. The van der Waals surface area contributed by atoms with E-state index >= 15 is 0 Å². The molecule has 0 amide bonds. The highest BCUT2D eigenvalue weighted by Gasteiger charge is 2.45. The zero-order valence-electron chi connectivity index (χ0n) is 24.1. The van der Waals surface area contributed by atoms with Gasteiger partial charge in [-0.05, 0) is 65.5 Å². The van der Waals surface area contributed by atoms with Crippen LogP contribution in [0.1, 0.15) is 152 Å². The van der Waals surface area contributed by atoms with E-state index in [1.807, 2.05) is 39.8 Å². The van der Waals surface area contributed by atoms with Gasteiger partial charge in [0.15, 0.2) is 0 Å². The van der Waals surface area contributed by atoms with Gasteiger partial charge in [-0.25, -0.2) is 0 Å². The Kier molecular flexibility index (Phi) is 10.1. The van der Waals surface area contributed by atoms with Crippen LogP contribution in [0.5, 0.6) is 0 Å². The van der Waals surface area contributed by atoms with Crippen LogP contribution in [0.25, 0.3) is 0 Å². The number of hydrogen-bond donors (Lipinski definition) is 2. The van der Waals surface area contributed by atoms with Crippen molar-refractivity contribution in [2.24, 2.45) is 5.41 Å². The average molecular weight is 482 g/mol. The van der Waals surface area contributed by atoms with Crippen LogP contribution >= 0.6 is 0 Å². The van der Waals surface area contributed by atoms with E-state index in [0.717, 1.165) is 52.9 Å². The molecular formula is C32H51NO2. The van der Waals surface area contributed by atoms with Gasteiger partial charge in [-0.1, -0.05) is 99.9 Å². The molecule has 2 atom stereocenters. The molecule has 35 heavy (non-hydrogen) atoms. The summed E-state index contributed by atoms with van der Waals surface area (Å²) in [6.07, 6.45) is 5.08. The molecule has 2 aliphatic rings. The van der Waals surface area contributed by atoms with Crippen molar-refractivity contribution < 1.29 is 10.2 Å². The second-order valence-corrected chi connectivity index (χ2v) is 11.3. The summed E-state index contributed by atoms with van der Waals surface area (Å²) in [6.45, 7) is 21.1. The first-order valence-electron chi connectivity index (χ1n) is 14.1. The summed E-state index contributed by atoms with van der Waals surface area (Å²) in [7, 11) is 0. The summed E-state index contributed by atoms with van der Waals surface area (Å²) in [5.74, 6) is 0.213. The first kappa shape index (κ1) is 29.5. The van der Waals surface area contributed by atoms with Crippen LogP contribution in [-0.4, -0.2) is 15.2 Å². The van der Waals surface area contributed by atoms with Crippen molar-refractivity contribution in [2.45, 2.75) is 131 Å². The van der Waals surface area contributed by atoms with E-state index in [9.17, 15) is 10.2 Å². The van der Waals surface area contributed by atoms with Crippen molar-refractivity contribution in [1.29, 1.82) is 0 Å². The highest BCUT2D eigenvalue weighted by molar-refractivity contribution is 5.49. The molecule has 0 radical (unpaired) electrons. The highest BCUT2D eigenvalue weighted by atomic mass is 16.3. The molecule has 2 aliphatic carbocycles. The fraction of sp³-hybridized carbons (Fsp3) is 0.656. The van der Waals surface area contributed by atoms with Gasteiger partial charge in [0.05, 0.1) is 6.10 Å². The summed E-state index contributed by atoms with van der Waals surface area (Å²) in [4.78, 5) is 5.13. The van der Waals surface area contributed by atoms with Crippen LogP contribution < -0.4 is 0 Å². The maximum Gasteiger partial charge on any atom is 0.106 e. The Morgan fingerprint density at radius 3 is 2.03 bits per heavy atom. The third-order valence-corrected chi connectivity index (χ3v) is 7.68. The lowest BCUT2D eigenvalue weighted by Crippen LogP contribution is -2.38. The van der Waals surface area contributed by atoms with Crippen LogP contribution in [0.2, 0.25) is 0 Å². The molecule has 0 bridgehead atoms. The van der Waals surface area contributed by atoms with Crippen molar-refractivity contribution in [2.75, 3.05) is 0 Å². The molecule has 1 spiro atoms. The second-order valence-electron chi connectivity index (χ2n) is 11.3. The number of aromatic nitrogens is 1. The maximum absolute atomic E-state index is 11.6. The van der Waals surface area contributed by atoms with Crippen LogP contribution in [0.3, 0.4) is 0 Å². The maximum atomic E-state index is 11.6. The van der Waals surface area contributed by atoms with E-state index in [0.29, 0.717) is 0 Å². The Balaban J connectivity index is 0.00000103. The highest BCUT2D eigenvalue weighted by Crippen LogP contribution is 2.54. The van der Waals surface area contributed by atoms with Crippen molar-refractivity contribution in [1.82, 2.24) is 4.98 Å². The van der Waals surface area contributed by atoms with Crippen molar-refractivity contribution in [3.05, 3.63) is 63.5 Å². The fourth-order valence-corrected chi connectivity index (χ4v) is 5.72. The number of nitrogens with zero attached hydrogens (tertiary/aromatic N) is 1. The van der Waals surface area contributed by atoms with E-state index in [-0.39, 0.29) is 16.7 Å². The lowest BCUT2D eigenvalue weighted by Gasteiger charge is -2.47. The van der Waals surface area contributed by atoms with E-state index in [4.69, 9.17) is 4.98 Å². The number of benzene rings is 1. The number of aliphatic hydroxyl groups is 2. The minimum Gasteiger partial charge on any atom is -0.388 e. The van der Waals surface area contributed by atoms with E-state index in [1.165, 1.54) is 24.8 Å². The predicted octanol–water partition coefficient (Wildman–Crippen LogP) is 8.35. The van der Waals surface area contributed by atoms with E-state index in [2.05, 4.69) is 53.7 Å². The standard InChI is InChI=1S/C28H39NO2.2C2H6/c1-7-20-23-21(15-28(13-8-14-28)16-22(23)30)29-25(17(2)3)24(20)26(31)18-9-11-19(12-10-18)27(4,5)6;2*1-2/h9-12,17,22,26,30-31H,7-8,13-16H2,1-6H3;2*1-2H3. The predicted molar refractivity (Wildman–Crippen MR) is 149 cm³/mol. The monoisotopic (exact) mass is 481 g/mol. The van der Waals surface area contributed by atoms with Gasteiger partial charge in [0.2, 0.25) is 0 Å². The molecule has 1 fully saturated rings. The summed E-state index contributed by atoms with van der Waals surface area (Å²) in [5.41, 5.74) is 7.60. The van der Waals surface area contributed by atoms with Gasteiger partial charge in [-0.15, -0.1) is 0 Å². The quantitative estimate of drug-likeness (QED) is 0.461. The van der Waals surface area contributed by atoms with Gasteiger partial charge in [-0.2, -0.15) is 0 Å². The fourth-order valence-electron chi connectivity index (χ4n) is 5.72. The first-order chi connectivity index (χ1) is 16.6. The second kappa shape index (κ2) is 12.0. The van der Waals surface area contributed by atoms with Crippen LogP contribution in [0.4, 0.5) is 0 Å². The topological polar surface area (TPSA) is 53.4 Å². The molecule has 4 rings (SSSR count). The van der Waals surface area contributed by atoms with Gasteiger partial charge in [-0.3, -0.25) is 4.98 Å². The number of aliphatic hydroxyl groups excluding tert-OH is 2. The van der Waals surface area contributed by atoms with E-state index in [1.54, 1.807) is 0 Å². The normalized spacial score (nSPS) is 19.1. The Hall–Kier alpha value is -1.71. The SMILES string of the molecule is CC.CC.CCc1c2c(nc(C(C)C)c1C(O)c1ccc(C(C)(C)C)cc1)CC1(CCC1)CC2O. The molecule has 0 saturated heterocycles. The minimum absolute atomic E-state index is 0.0795. The molecule has 1 aromatic carbocycles. The summed E-state index contributed by atoms with van der Waals surface area (Å²) in [6, 6.07) is 8.35. The summed E-state index contributed by atoms with van der Waals surface area (Å²) >= 11 is 0. The minimum atomic E-state index is -0.731. The smallest absolute Gasteiger partial charge is 0.106 e. The zero-order chi connectivity index (χ0) is 26.6. The zero-order valence-corrected chi connectivity index (χ0v) is 24.1. The number of hydrogen-bond acceptors (Lipinski definition) is 3. The molecule has 196 valence electrons. The third-order valence-electron chi connectivity index (χ3n) is 7.68. The average Bonchev–Trinajstić information content (AvgIpc) is 2.83.